The minimum atomic E-state index is -1.89. The number of rotatable bonds is 9. The van der Waals surface area contributed by atoms with E-state index in [9.17, 15) is 4.79 Å². The van der Waals surface area contributed by atoms with E-state index >= 15 is 0 Å². The molecule has 3 nitrogen and oxygen atoms in total. The van der Waals surface area contributed by atoms with Crippen LogP contribution < -0.4 is 5.32 Å². The largest absolute Gasteiger partial charge is 0.409 e. The molecule has 0 radical (unpaired) electrons. The van der Waals surface area contributed by atoms with Gasteiger partial charge in [0.25, 0.3) is 0 Å². The molecule has 0 unspecified atom stereocenters. The van der Waals surface area contributed by atoms with Crippen molar-refractivity contribution in [2.24, 2.45) is 5.92 Å². The van der Waals surface area contributed by atoms with E-state index in [0.717, 1.165) is 12.8 Å². The summed E-state index contributed by atoms with van der Waals surface area (Å²) < 4.78 is 7.23. The van der Waals surface area contributed by atoms with Crippen LogP contribution in [-0.4, -0.2) is 26.4 Å². The summed E-state index contributed by atoms with van der Waals surface area (Å²) in [5.74, 6) is 0.721. The zero-order valence-corrected chi connectivity index (χ0v) is 20.0. The van der Waals surface area contributed by atoms with Gasteiger partial charge in [0.05, 0.1) is 12.1 Å². The predicted octanol–water partition coefficient (Wildman–Crippen LogP) is 6.35. The van der Waals surface area contributed by atoms with Crippen LogP contribution in [0.15, 0.2) is 11.1 Å². The minimum absolute atomic E-state index is 0.0994. The van der Waals surface area contributed by atoms with Crippen LogP contribution in [-0.2, 0) is 9.22 Å². The van der Waals surface area contributed by atoms with Gasteiger partial charge in [-0.2, -0.15) is 0 Å². The lowest BCUT2D eigenvalue weighted by atomic mass is 9.99. The predicted molar refractivity (Wildman–Crippen MR) is 117 cm³/mol. The van der Waals surface area contributed by atoms with Crippen LogP contribution in [0.1, 0.15) is 93.9 Å². The van der Waals surface area contributed by atoms with Gasteiger partial charge in [-0.3, -0.25) is 4.79 Å². The zero-order valence-electron chi connectivity index (χ0n) is 19.0. The molecule has 1 saturated carbocycles. The third kappa shape index (κ3) is 4.53. The number of carbonyl (C=O) groups is 1. The maximum atomic E-state index is 11.8. The van der Waals surface area contributed by atoms with Crippen LogP contribution in [0.25, 0.3) is 0 Å². The van der Waals surface area contributed by atoms with Crippen LogP contribution in [0.3, 0.4) is 0 Å². The molecule has 0 bridgehead atoms. The molecule has 3 atom stereocenters. The lowest BCUT2D eigenvalue weighted by Crippen LogP contribution is -2.50. The highest BCUT2D eigenvalue weighted by Crippen LogP contribution is 2.51. The van der Waals surface area contributed by atoms with Crippen molar-refractivity contribution in [2.75, 3.05) is 0 Å². The maximum Gasteiger partial charge on any atom is 0.217 e. The summed E-state index contributed by atoms with van der Waals surface area (Å²) in [6.07, 6.45) is 7.30. The van der Waals surface area contributed by atoms with Crippen molar-refractivity contribution in [3.8, 4) is 0 Å². The smallest absolute Gasteiger partial charge is 0.217 e. The standard InChI is InChI=1S/C23H43NO2Si/c1-9-10-11-20-21(24-18(8)25)14-19-12-13-22(23(19)20)26-27(15(2)3,16(4)5)17(6)7/h15-17,19,21-22H,9-14H2,1-8H3,(H,24,25)/t19-,21-,22+/m1/s1. The molecule has 0 saturated heterocycles. The van der Waals surface area contributed by atoms with E-state index in [0.29, 0.717) is 28.6 Å². The fourth-order valence-corrected chi connectivity index (χ4v) is 11.7. The van der Waals surface area contributed by atoms with Gasteiger partial charge in [0, 0.05) is 6.92 Å². The molecule has 0 heterocycles. The molecule has 1 amide bonds. The number of hydrogen-bond donors (Lipinski definition) is 1. The molecular formula is C23H43NO2Si. The topological polar surface area (TPSA) is 38.3 Å². The fourth-order valence-electron chi connectivity index (χ4n) is 6.12. The van der Waals surface area contributed by atoms with Gasteiger partial charge in [0.15, 0.2) is 0 Å². The van der Waals surface area contributed by atoms with Gasteiger partial charge in [-0.15, -0.1) is 0 Å². The Balaban J connectivity index is 2.37. The molecule has 0 aromatic heterocycles. The van der Waals surface area contributed by atoms with Crippen LogP contribution >= 0.6 is 0 Å². The summed E-state index contributed by atoms with van der Waals surface area (Å²) >= 11 is 0. The molecule has 0 aliphatic heterocycles. The van der Waals surface area contributed by atoms with Crippen molar-refractivity contribution in [2.45, 2.75) is 123 Å². The average Bonchev–Trinajstić information content (AvgIpc) is 3.08. The first-order valence-electron chi connectivity index (χ1n) is 11.3. The third-order valence-electron chi connectivity index (χ3n) is 7.11. The van der Waals surface area contributed by atoms with Crippen LogP contribution in [0.5, 0.6) is 0 Å². The summed E-state index contributed by atoms with van der Waals surface area (Å²) in [5, 5.41) is 3.24. The van der Waals surface area contributed by atoms with Crippen molar-refractivity contribution in [1.82, 2.24) is 5.32 Å². The van der Waals surface area contributed by atoms with Crippen LogP contribution in [0.2, 0.25) is 16.6 Å². The van der Waals surface area contributed by atoms with Gasteiger partial charge in [0.2, 0.25) is 14.2 Å². The van der Waals surface area contributed by atoms with Crippen LogP contribution in [0, 0.1) is 5.92 Å². The van der Waals surface area contributed by atoms with Crippen molar-refractivity contribution >= 4 is 14.2 Å². The Labute approximate surface area is 168 Å². The molecule has 2 aliphatic carbocycles. The Kier molecular flexibility index (Phi) is 7.77. The molecule has 4 heteroatoms. The van der Waals surface area contributed by atoms with E-state index in [4.69, 9.17) is 4.43 Å². The van der Waals surface area contributed by atoms with Crippen molar-refractivity contribution in [3.05, 3.63) is 11.1 Å². The number of fused-ring (bicyclic) bond motifs is 1. The fraction of sp³-hybridized carbons (Fsp3) is 0.870. The van der Waals surface area contributed by atoms with E-state index in [1.165, 1.54) is 31.3 Å². The molecule has 27 heavy (non-hydrogen) atoms. The SMILES string of the molecule is CCCCC1=C2[C@H](CC[C@@H]2O[Si](C(C)C)(C(C)C)C(C)C)C[C@H]1NC(C)=O. The number of amides is 1. The average molecular weight is 394 g/mol. The molecular weight excluding hydrogens is 350 g/mol. The molecule has 1 N–H and O–H groups in total. The lowest BCUT2D eigenvalue weighted by Gasteiger charge is -2.44. The normalized spacial score (nSPS) is 25.8. The number of unbranched alkanes of at least 4 members (excludes halogenated alkanes) is 1. The van der Waals surface area contributed by atoms with Gasteiger partial charge >= 0.3 is 0 Å². The van der Waals surface area contributed by atoms with Gasteiger partial charge in [0.1, 0.15) is 0 Å². The maximum absolute atomic E-state index is 11.8. The molecule has 0 aromatic rings. The highest BCUT2D eigenvalue weighted by molar-refractivity contribution is 6.77. The molecule has 0 aromatic carbocycles. The second kappa shape index (κ2) is 9.26. The zero-order chi connectivity index (χ0) is 20.4. The summed E-state index contributed by atoms with van der Waals surface area (Å²) in [4.78, 5) is 11.8. The van der Waals surface area contributed by atoms with Crippen molar-refractivity contribution in [1.29, 1.82) is 0 Å². The van der Waals surface area contributed by atoms with E-state index < -0.39 is 8.32 Å². The second-order valence-electron chi connectivity index (χ2n) is 9.77. The first-order chi connectivity index (χ1) is 12.6. The molecule has 0 spiro atoms. The Morgan fingerprint density at radius 2 is 1.70 bits per heavy atom. The Hall–Kier alpha value is -0.613. The first-order valence-corrected chi connectivity index (χ1v) is 13.5. The summed E-state index contributed by atoms with van der Waals surface area (Å²) in [6.45, 7) is 18.2. The van der Waals surface area contributed by atoms with E-state index in [2.05, 4.69) is 53.8 Å². The van der Waals surface area contributed by atoms with Gasteiger partial charge < -0.3 is 9.74 Å². The lowest BCUT2D eigenvalue weighted by molar-refractivity contribution is -0.119. The minimum Gasteiger partial charge on any atom is -0.409 e. The number of nitrogens with one attached hydrogen (secondary N) is 1. The monoisotopic (exact) mass is 393 g/mol. The summed E-state index contributed by atoms with van der Waals surface area (Å²) in [7, 11) is -1.89. The molecule has 2 aliphatic rings. The van der Waals surface area contributed by atoms with E-state index in [1.54, 1.807) is 12.5 Å². The molecule has 1 fully saturated rings. The highest BCUT2D eigenvalue weighted by Gasteiger charge is 2.50. The van der Waals surface area contributed by atoms with Gasteiger partial charge in [-0.05, 0) is 65.8 Å². The van der Waals surface area contributed by atoms with Gasteiger partial charge in [-0.25, -0.2) is 0 Å². The summed E-state index contributed by atoms with van der Waals surface area (Å²) in [5.41, 5.74) is 4.94. The van der Waals surface area contributed by atoms with E-state index in [-0.39, 0.29) is 11.9 Å². The Morgan fingerprint density at radius 1 is 1.11 bits per heavy atom. The molecule has 156 valence electrons. The van der Waals surface area contributed by atoms with E-state index in [1.807, 2.05) is 0 Å². The highest BCUT2D eigenvalue weighted by atomic mass is 28.4. The van der Waals surface area contributed by atoms with Crippen LogP contribution in [0.4, 0.5) is 0 Å². The van der Waals surface area contributed by atoms with Gasteiger partial charge in [-0.1, -0.05) is 54.9 Å². The Bertz CT molecular complexity index is 531. The Morgan fingerprint density at radius 3 is 2.19 bits per heavy atom. The quantitative estimate of drug-likeness (QED) is 0.366. The third-order valence-corrected chi connectivity index (χ3v) is 13.2. The van der Waals surface area contributed by atoms with Crippen molar-refractivity contribution < 1.29 is 9.22 Å². The second-order valence-corrected chi connectivity index (χ2v) is 15.2. The number of carbonyl (C=O) groups excluding carboxylic acids is 1. The van der Waals surface area contributed by atoms with Crippen molar-refractivity contribution in [3.63, 3.8) is 0 Å². The first kappa shape index (κ1) is 22.7. The number of hydrogen-bond acceptors (Lipinski definition) is 2. The molecule has 2 rings (SSSR count). The summed E-state index contributed by atoms with van der Waals surface area (Å²) in [6, 6.07) is 0.244.